The Balaban J connectivity index is 1.36. The van der Waals surface area contributed by atoms with E-state index >= 15 is 0 Å². The molecule has 1 saturated heterocycles. The van der Waals surface area contributed by atoms with E-state index in [1.807, 2.05) is 57.4 Å². The molecule has 2 aliphatic heterocycles. The van der Waals surface area contributed by atoms with Crippen molar-refractivity contribution in [1.29, 1.82) is 0 Å². The number of amides is 1. The van der Waals surface area contributed by atoms with Gasteiger partial charge in [-0.2, -0.15) is 0 Å². The number of aromatic nitrogens is 2. The molecule has 0 unspecified atom stereocenters. The van der Waals surface area contributed by atoms with Crippen LogP contribution < -0.4 is 4.90 Å². The molecule has 0 saturated carbocycles. The quantitative estimate of drug-likeness (QED) is 0.328. The van der Waals surface area contributed by atoms with Gasteiger partial charge in [0.25, 0.3) is 0 Å². The molecule has 2 aliphatic rings. The van der Waals surface area contributed by atoms with Crippen LogP contribution in [0, 0.1) is 0 Å². The fraction of sp³-hybridized carbons (Fsp3) is 0.538. The average Bonchev–Trinajstić information content (AvgIpc) is 2.86. The number of hydrogen-bond acceptors (Lipinski definition) is 9. The Kier molecular flexibility index (Phi) is 8.35. The van der Waals surface area contributed by atoms with E-state index < -0.39 is 5.60 Å². The number of anilines is 1. The molecule has 0 aliphatic carbocycles. The van der Waals surface area contributed by atoms with Crippen molar-refractivity contribution in [2.75, 3.05) is 50.4 Å². The van der Waals surface area contributed by atoms with Crippen molar-refractivity contribution in [3.8, 4) is 0 Å². The van der Waals surface area contributed by atoms with Crippen molar-refractivity contribution in [3.05, 3.63) is 47.2 Å². The number of carbonyl (C=O) groups excluding carboxylic acids is 2. The van der Waals surface area contributed by atoms with Gasteiger partial charge in [-0.3, -0.25) is 9.69 Å². The topological polar surface area (TPSA) is 88.1 Å². The standard InChI is InChI=1S/C26H35N5O4S/c1-26(2,3)35-25(33)31-11-10-20-21(16-31)27-24(36-4)28-23(20)30-14-12-29(13-15-30)17-22(32)34-18-19-8-6-5-7-9-19/h5-9H,10-18H2,1-4H3. The smallest absolute Gasteiger partial charge is 0.410 e. The zero-order valence-corrected chi connectivity index (χ0v) is 22.3. The summed E-state index contributed by atoms with van der Waals surface area (Å²) in [6.45, 7) is 10.2. The van der Waals surface area contributed by atoms with E-state index in [2.05, 4.69) is 9.80 Å². The zero-order valence-electron chi connectivity index (χ0n) is 21.5. The molecule has 3 heterocycles. The second-order valence-electron chi connectivity index (χ2n) is 10.0. The predicted molar refractivity (Wildman–Crippen MR) is 139 cm³/mol. The number of esters is 1. The molecule has 0 spiro atoms. The fourth-order valence-electron chi connectivity index (χ4n) is 4.31. The molecule has 1 aromatic heterocycles. The van der Waals surface area contributed by atoms with Crippen LogP contribution in [0.2, 0.25) is 0 Å². The van der Waals surface area contributed by atoms with Crippen molar-refractivity contribution >= 4 is 29.6 Å². The molecule has 4 rings (SSSR count). The lowest BCUT2D eigenvalue weighted by atomic mass is 10.0. The lowest BCUT2D eigenvalue weighted by molar-refractivity contribution is -0.146. The first kappa shape index (κ1) is 26.2. The summed E-state index contributed by atoms with van der Waals surface area (Å²) in [6, 6.07) is 9.71. The minimum Gasteiger partial charge on any atom is -0.460 e. The number of benzene rings is 1. The van der Waals surface area contributed by atoms with E-state index in [1.165, 1.54) is 11.8 Å². The van der Waals surface area contributed by atoms with Crippen molar-refractivity contribution < 1.29 is 19.1 Å². The normalized spacial score (nSPS) is 16.4. The van der Waals surface area contributed by atoms with Gasteiger partial charge in [-0.05, 0) is 39.0 Å². The number of piperazine rings is 1. The number of ether oxygens (including phenoxy) is 2. The zero-order chi connectivity index (χ0) is 25.7. The molecular formula is C26H35N5O4S. The van der Waals surface area contributed by atoms with Crippen molar-refractivity contribution in [1.82, 2.24) is 19.8 Å². The molecule has 2 aromatic rings. The molecule has 10 heteroatoms. The third-order valence-electron chi connectivity index (χ3n) is 6.12. The molecule has 36 heavy (non-hydrogen) atoms. The molecule has 1 fully saturated rings. The van der Waals surface area contributed by atoms with E-state index in [-0.39, 0.29) is 18.6 Å². The van der Waals surface area contributed by atoms with Crippen LogP contribution in [0.4, 0.5) is 10.6 Å². The van der Waals surface area contributed by atoms with Crippen LogP contribution in [0.1, 0.15) is 37.6 Å². The van der Waals surface area contributed by atoms with Crippen LogP contribution >= 0.6 is 11.8 Å². The molecule has 0 N–H and O–H groups in total. The van der Waals surface area contributed by atoms with Gasteiger partial charge in [0.1, 0.15) is 18.0 Å². The molecule has 0 atom stereocenters. The maximum absolute atomic E-state index is 12.6. The molecule has 1 amide bonds. The van der Waals surface area contributed by atoms with Gasteiger partial charge in [-0.15, -0.1) is 0 Å². The van der Waals surface area contributed by atoms with E-state index in [1.54, 1.807) is 4.90 Å². The summed E-state index contributed by atoms with van der Waals surface area (Å²) in [5.41, 5.74) is 2.43. The fourth-order valence-corrected chi connectivity index (χ4v) is 4.69. The monoisotopic (exact) mass is 513 g/mol. The van der Waals surface area contributed by atoms with Crippen LogP contribution in [-0.4, -0.2) is 83.0 Å². The van der Waals surface area contributed by atoms with Crippen molar-refractivity contribution in [2.24, 2.45) is 0 Å². The Bertz CT molecular complexity index is 1070. The highest BCUT2D eigenvalue weighted by molar-refractivity contribution is 7.98. The summed E-state index contributed by atoms with van der Waals surface area (Å²) in [6.07, 6.45) is 2.33. The lowest BCUT2D eigenvalue weighted by Crippen LogP contribution is -2.49. The van der Waals surface area contributed by atoms with Gasteiger partial charge in [0.15, 0.2) is 5.16 Å². The van der Waals surface area contributed by atoms with Gasteiger partial charge in [0.05, 0.1) is 18.8 Å². The Morgan fingerprint density at radius 3 is 2.42 bits per heavy atom. The van der Waals surface area contributed by atoms with E-state index in [9.17, 15) is 9.59 Å². The van der Waals surface area contributed by atoms with Crippen LogP contribution in [0.25, 0.3) is 0 Å². The van der Waals surface area contributed by atoms with Crippen LogP contribution in [0.3, 0.4) is 0 Å². The highest BCUT2D eigenvalue weighted by Crippen LogP contribution is 2.30. The van der Waals surface area contributed by atoms with Crippen molar-refractivity contribution in [3.63, 3.8) is 0 Å². The summed E-state index contributed by atoms with van der Waals surface area (Å²) in [5.74, 6) is 0.734. The highest BCUT2D eigenvalue weighted by Gasteiger charge is 2.31. The third kappa shape index (κ3) is 6.88. The number of carbonyl (C=O) groups is 2. The van der Waals surface area contributed by atoms with E-state index in [0.717, 1.165) is 48.8 Å². The minimum atomic E-state index is -0.535. The van der Waals surface area contributed by atoms with Gasteiger partial charge in [0, 0.05) is 38.3 Å². The highest BCUT2D eigenvalue weighted by atomic mass is 32.2. The van der Waals surface area contributed by atoms with Crippen LogP contribution in [0.15, 0.2) is 35.5 Å². The lowest BCUT2D eigenvalue weighted by Gasteiger charge is -2.37. The number of nitrogens with zero attached hydrogens (tertiary/aromatic N) is 5. The molecule has 9 nitrogen and oxygen atoms in total. The van der Waals surface area contributed by atoms with Gasteiger partial charge < -0.3 is 19.3 Å². The molecular weight excluding hydrogens is 478 g/mol. The van der Waals surface area contributed by atoms with E-state index in [0.29, 0.717) is 31.3 Å². The summed E-state index contributed by atoms with van der Waals surface area (Å²) in [4.78, 5) is 40.6. The minimum absolute atomic E-state index is 0.210. The Hall–Kier alpha value is -2.85. The van der Waals surface area contributed by atoms with Gasteiger partial charge in [-0.1, -0.05) is 42.1 Å². The maximum Gasteiger partial charge on any atom is 0.410 e. The first-order chi connectivity index (χ1) is 17.2. The number of rotatable bonds is 6. The molecule has 1 aromatic carbocycles. The first-order valence-electron chi connectivity index (χ1n) is 12.3. The maximum atomic E-state index is 12.6. The summed E-state index contributed by atoms with van der Waals surface area (Å²) in [5, 5.41) is 0.696. The molecule has 0 bridgehead atoms. The second kappa shape index (κ2) is 11.5. The second-order valence-corrected chi connectivity index (χ2v) is 10.8. The summed E-state index contributed by atoms with van der Waals surface area (Å²) >= 11 is 1.50. The summed E-state index contributed by atoms with van der Waals surface area (Å²) < 4.78 is 11.0. The Morgan fingerprint density at radius 2 is 1.75 bits per heavy atom. The van der Waals surface area contributed by atoms with Crippen LogP contribution in [0.5, 0.6) is 0 Å². The largest absolute Gasteiger partial charge is 0.460 e. The Morgan fingerprint density at radius 1 is 1.03 bits per heavy atom. The molecule has 194 valence electrons. The van der Waals surface area contributed by atoms with Gasteiger partial charge in [0.2, 0.25) is 0 Å². The van der Waals surface area contributed by atoms with Gasteiger partial charge >= 0.3 is 12.1 Å². The van der Waals surface area contributed by atoms with Crippen molar-refractivity contribution in [2.45, 2.75) is 51.1 Å². The predicted octanol–water partition coefficient (Wildman–Crippen LogP) is 3.36. The first-order valence-corrected chi connectivity index (χ1v) is 13.5. The Labute approximate surface area is 217 Å². The van der Waals surface area contributed by atoms with Gasteiger partial charge in [-0.25, -0.2) is 14.8 Å². The number of thioether (sulfide) groups is 1. The number of hydrogen-bond donors (Lipinski definition) is 0. The average molecular weight is 514 g/mol. The SMILES string of the molecule is CSc1nc2c(c(N3CCN(CC(=O)OCc4ccccc4)CC3)n1)CCN(C(=O)OC(C)(C)C)C2. The van der Waals surface area contributed by atoms with E-state index in [4.69, 9.17) is 19.4 Å². The van der Waals surface area contributed by atoms with Crippen LogP contribution in [-0.2, 0) is 33.8 Å². The summed E-state index contributed by atoms with van der Waals surface area (Å²) in [7, 11) is 0. The number of fused-ring (bicyclic) bond motifs is 1. The third-order valence-corrected chi connectivity index (χ3v) is 6.67. The molecule has 0 radical (unpaired) electrons.